The van der Waals surface area contributed by atoms with Crippen molar-refractivity contribution in [1.82, 2.24) is 0 Å². The summed E-state index contributed by atoms with van der Waals surface area (Å²) >= 11 is 0. The normalized spacial score (nSPS) is 20.0. The van der Waals surface area contributed by atoms with Crippen LogP contribution in [0.5, 0.6) is 5.75 Å². The zero-order valence-electron chi connectivity index (χ0n) is 10.1. The van der Waals surface area contributed by atoms with Crippen molar-refractivity contribution in [3.05, 3.63) is 23.8 Å². The summed E-state index contributed by atoms with van der Waals surface area (Å²) in [5.41, 5.74) is 0.825. The summed E-state index contributed by atoms with van der Waals surface area (Å²) < 4.78 is 33.7. The maximum absolute atomic E-state index is 11.5. The van der Waals surface area contributed by atoms with Crippen LogP contribution in [0.3, 0.4) is 0 Å². The molecule has 18 heavy (non-hydrogen) atoms. The second-order valence-electron chi connectivity index (χ2n) is 4.43. The molecule has 1 aromatic carbocycles. The average Bonchev–Trinajstić information content (AvgIpc) is 2.79. The van der Waals surface area contributed by atoms with Gasteiger partial charge in [0.25, 0.3) is 9.05 Å². The summed E-state index contributed by atoms with van der Waals surface area (Å²) in [6, 6.07) is 4.95. The average molecular weight is 291 g/mol. The Labute approximate surface area is 111 Å². The van der Waals surface area contributed by atoms with E-state index in [1.54, 1.807) is 19.1 Å². The fourth-order valence-electron chi connectivity index (χ4n) is 1.85. The van der Waals surface area contributed by atoms with E-state index in [0.29, 0.717) is 24.9 Å². The van der Waals surface area contributed by atoms with Crippen LogP contribution in [0.25, 0.3) is 0 Å². The number of ether oxygens (including phenoxy) is 2. The molecular weight excluding hydrogens is 276 g/mol. The maximum Gasteiger partial charge on any atom is 0.264 e. The van der Waals surface area contributed by atoms with E-state index < -0.39 is 9.05 Å². The maximum atomic E-state index is 11.5. The Morgan fingerprint density at radius 1 is 1.50 bits per heavy atom. The van der Waals surface area contributed by atoms with Crippen LogP contribution in [0.1, 0.15) is 12.0 Å². The van der Waals surface area contributed by atoms with Gasteiger partial charge in [0.2, 0.25) is 0 Å². The van der Waals surface area contributed by atoms with E-state index in [2.05, 4.69) is 0 Å². The molecule has 0 radical (unpaired) electrons. The van der Waals surface area contributed by atoms with Gasteiger partial charge in [-0.3, -0.25) is 0 Å². The van der Waals surface area contributed by atoms with Gasteiger partial charge < -0.3 is 9.47 Å². The number of halogens is 1. The fourth-order valence-corrected chi connectivity index (χ4v) is 2.90. The zero-order chi connectivity index (χ0) is 13.2. The summed E-state index contributed by atoms with van der Waals surface area (Å²) in [4.78, 5) is 0.0306. The van der Waals surface area contributed by atoms with Crippen molar-refractivity contribution in [2.45, 2.75) is 18.2 Å². The van der Waals surface area contributed by atoms with Gasteiger partial charge in [-0.25, -0.2) is 8.42 Å². The van der Waals surface area contributed by atoms with Crippen LogP contribution in [0.4, 0.5) is 0 Å². The van der Waals surface area contributed by atoms with Crippen LogP contribution in [0, 0.1) is 12.8 Å². The molecular formula is C12H15ClO4S. The van der Waals surface area contributed by atoms with Crippen molar-refractivity contribution in [2.24, 2.45) is 5.92 Å². The molecule has 4 nitrogen and oxygen atoms in total. The van der Waals surface area contributed by atoms with Gasteiger partial charge in [0, 0.05) is 23.2 Å². The summed E-state index contributed by atoms with van der Waals surface area (Å²) in [5, 5.41) is 0. The molecule has 0 aliphatic carbocycles. The lowest BCUT2D eigenvalue weighted by Gasteiger charge is -2.13. The van der Waals surface area contributed by atoms with Gasteiger partial charge in [0.15, 0.2) is 0 Å². The highest BCUT2D eigenvalue weighted by Crippen LogP contribution is 2.28. The van der Waals surface area contributed by atoms with Gasteiger partial charge in [-0.2, -0.15) is 0 Å². The number of rotatable bonds is 4. The molecule has 0 saturated carbocycles. The van der Waals surface area contributed by atoms with Crippen molar-refractivity contribution < 1.29 is 17.9 Å². The Hall–Kier alpha value is -0.780. The minimum Gasteiger partial charge on any atom is -0.492 e. The van der Waals surface area contributed by atoms with Crippen molar-refractivity contribution in [2.75, 3.05) is 19.8 Å². The Kier molecular flexibility index (Phi) is 4.14. The van der Waals surface area contributed by atoms with Gasteiger partial charge in [-0.1, -0.05) is 6.07 Å². The van der Waals surface area contributed by atoms with Gasteiger partial charge in [0.05, 0.1) is 13.2 Å². The quantitative estimate of drug-likeness (QED) is 0.799. The van der Waals surface area contributed by atoms with Crippen LogP contribution in [-0.2, 0) is 13.8 Å². The molecule has 1 unspecified atom stereocenters. The number of aryl methyl sites for hydroxylation is 1. The lowest BCUT2D eigenvalue weighted by atomic mass is 10.1. The molecule has 1 aromatic rings. The highest BCUT2D eigenvalue weighted by Gasteiger charge is 2.20. The van der Waals surface area contributed by atoms with Crippen LogP contribution < -0.4 is 4.74 Å². The molecule has 0 N–H and O–H groups in total. The van der Waals surface area contributed by atoms with Crippen molar-refractivity contribution in [3.8, 4) is 5.75 Å². The summed E-state index contributed by atoms with van der Waals surface area (Å²) in [5.74, 6) is 0.625. The highest BCUT2D eigenvalue weighted by molar-refractivity contribution is 8.13. The first kappa shape index (κ1) is 13.6. The molecule has 0 spiro atoms. The highest BCUT2D eigenvalue weighted by atomic mass is 35.7. The number of benzene rings is 1. The third-order valence-corrected chi connectivity index (χ3v) is 4.20. The first-order valence-corrected chi connectivity index (χ1v) is 8.03. The van der Waals surface area contributed by atoms with Crippen LogP contribution >= 0.6 is 10.7 Å². The van der Waals surface area contributed by atoms with Crippen LogP contribution in [-0.4, -0.2) is 28.2 Å². The number of hydrogen-bond donors (Lipinski definition) is 0. The molecule has 0 bridgehead atoms. The molecule has 1 saturated heterocycles. The largest absolute Gasteiger partial charge is 0.492 e. The first-order chi connectivity index (χ1) is 8.47. The zero-order valence-corrected chi connectivity index (χ0v) is 11.6. The summed E-state index contributed by atoms with van der Waals surface area (Å²) in [6.45, 7) is 3.65. The minimum atomic E-state index is -3.79. The Morgan fingerprint density at radius 3 is 2.89 bits per heavy atom. The third-order valence-electron chi connectivity index (χ3n) is 2.86. The molecule has 1 fully saturated rings. The smallest absolute Gasteiger partial charge is 0.264 e. The van der Waals surface area contributed by atoms with Gasteiger partial charge in [0.1, 0.15) is 10.6 Å². The Morgan fingerprint density at radius 2 is 2.28 bits per heavy atom. The molecule has 6 heteroatoms. The first-order valence-electron chi connectivity index (χ1n) is 5.72. The molecule has 100 valence electrons. The van der Waals surface area contributed by atoms with E-state index in [1.807, 2.05) is 0 Å². The van der Waals surface area contributed by atoms with E-state index in [9.17, 15) is 8.42 Å². The molecule has 0 amide bonds. The minimum absolute atomic E-state index is 0.0306. The monoisotopic (exact) mass is 290 g/mol. The second kappa shape index (κ2) is 5.47. The van der Waals surface area contributed by atoms with Gasteiger partial charge in [-0.15, -0.1) is 0 Å². The fraction of sp³-hybridized carbons (Fsp3) is 0.500. The van der Waals surface area contributed by atoms with E-state index in [-0.39, 0.29) is 4.90 Å². The summed E-state index contributed by atoms with van der Waals surface area (Å²) in [7, 11) is 1.61. The predicted octanol–water partition coefficient (Wildman–Crippen LogP) is 2.34. The van der Waals surface area contributed by atoms with Crippen molar-refractivity contribution in [1.29, 1.82) is 0 Å². The molecule has 2 rings (SSSR count). The predicted molar refractivity (Wildman–Crippen MR) is 68.6 cm³/mol. The lowest BCUT2D eigenvalue weighted by molar-refractivity contribution is 0.166. The molecule has 1 aliphatic rings. The standard InChI is InChI=1S/C12H15ClO4S/c1-9-2-3-11(12(6-9)18(13,14)15)17-8-10-4-5-16-7-10/h2-3,6,10H,4-5,7-8H2,1H3. The summed E-state index contributed by atoms with van der Waals surface area (Å²) in [6.07, 6.45) is 0.939. The molecule has 1 heterocycles. The third kappa shape index (κ3) is 3.37. The van der Waals surface area contributed by atoms with Gasteiger partial charge in [-0.05, 0) is 31.0 Å². The van der Waals surface area contributed by atoms with Crippen molar-refractivity contribution in [3.63, 3.8) is 0 Å². The molecule has 0 aromatic heterocycles. The molecule has 1 atom stereocenters. The Balaban J connectivity index is 2.16. The Bertz CT molecular complexity index is 521. The van der Waals surface area contributed by atoms with E-state index >= 15 is 0 Å². The van der Waals surface area contributed by atoms with Gasteiger partial charge >= 0.3 is 0 Å². The number of hydrogen-bond acceptors (Lipinski definition) is 4. The van der Waals surface area contributed by atoms with Crippen molar-refractivity contribution >= 4 is 19.7 Å². The van der Waals surface area contributed by atoms with E-state index in [0.717, 1.165) is 18.6 Å². The van der Waals surface area contributed by atoms with Crippen LogP contribution in [0.2, 0.25) is 0 Å². The SMILES string of the molecule is Cc1ccc(OCC2CCOC2)c(S(=O)(=O)Cl)c1. The topological polar surface area (TPSA) is 52.6 Å². The molecule has 1 aliphatic heterocycles. The lowest BCUT2D eigenvalue weighted by Crippen LogP contribution is -2.12. The van der Waals surface area contributed by atoms with E-state index in [1.165, 1.54) is 6.07 Å². The van der Waals surface area contributed by atoms with Crippen LogP contribution in [0.15, 0.2) is 23.1 Å². The van der Waals surface area contributed by atoms with E-state index in [4.69, 9.17) is 20.2 Å². The second-order valence-corrected chi connectivity index (χ2v) is 6.96.